The third-order valence-electron chi connectivity index (χ3n) is 6.43. The zero-order valence-corrected chi connectivity index (χ0v) is 16.8. The van der Waals surface area contributed by atoms with Gasteiger partial charge in [-0.1, -0.05) is 13.8 Å². The molecule has 3 aliphatic carbocycles. The van der Waals surface area contributed by atoms with Crippen LogP contribution >= 0.6 is 0 Å². The summed E-state index contributed by atoms with van der Waals surface area (Å²) in [7, 11) is 0. The van der Waals surface area contributed by atoms with Crippen LogP contribution in [0.1, 0.15) is 63.4 Å². The van der Waals surface area contributed by atoms with Crippen molar-refractivity contribution in [2.75, 3.05) is 13.1 Å². The van der Waals surface area contributed by atoms with Gasteiger partial charge in [-0.05, 0) is 56.7 Å². The summed E-state index contributed by atoms with van der Waals surface area (Å²) < 4.78 is 6.00. The fourth-order valence-corrected chi connectivity index (χ4v) is 4.25. The van der Waals surface area contributed by atoms with Crippen LogP contribution in [0.25, 0.3) is 0 Å². The molecule has 1 heterocycles. The Hall–Kier alpha value is -2.02. The molecular formula is C21H31N3O4. The Morgan fingerprint density at radius 1 is 1.21 bits per heavy atom. The zero-order chi connectivity index (χ0) is 19.8. The fourth-order valence-electron chi connectivity index (χ4n) is 4.25. The molecule has 2 atom stereocenters. The van der Waals surface area contributed by atoms with Crippen molar-refractivity contribution in [3.8, 4) is 0 Å². The number of urea groups is 1. The van der Waals surface area contributed by atoms with E-state index in [1.165, 1.54) is 6.42 Å². The summed E-state index contributed by atoms with van der Waals surface area (Å²) in [6, 6.07) is 4.72. The molecule has 2 unspecified atom stereocenters. The monoisotopic (exact) mass is 389 g/mol. The number of carbonyl (C=O) groups is 2. The van der Waals surface area contributed by atoms with Crippen LogP contribution in [0.3, 0.4) is 0 Å². The second kappa shape index (κ2) is 7.78. The van der Waals surface area contributed by atoms with Crippen LogP contribution in [0.15, 0.2) is 16.5 Å². The molecule has 0 aliphatic heterocycles. The molecule has 4 rings (SSSR count). The lowest BCUT2D eigenvalue weighted by Gasteiger charge is -2.42. The first-order valence-electron chi connectivity index (χ1n) is 10.6. The van der Waals surface area contributed by atoms with E-state index in [9.17, 15) is 9.59 Å². The van der Waals surface area contributed by atoms with Crippen molar-refractivity contribution in [1.82, 2.24) is 15.1 Å². The quantitative estimate of drug-likeness (QED) is 0.678. The number of carboxylic acids is 1. The van der Waals surface area contributed by atoms with E-state index in [1.54, 1.807) is 0 Å². The lowest BCUT2D eigenvalue weighted by Crippen LogP contribution is -2.57. The van der Waals surface area contributed by atoms with Crippen LogP contribution in [-0.4, -0.2) is 58.1 Å². The standard InChI is InChI=1S/C21H31N3O4/c1-3-23(12-20(25)26)16-9-14(10-16)22-21(27)24(15-4-5-15)11-17-6-7-19(28-17)18-8-13(18)2/h6-7,13-16,18H,3-5,8-12H2,1-2H3,(H,22,27)(H,25,26). The van der Waals surface area contributed by atoms with Gasteiger partial charge in [-0.3, -0.25) is 9.69 Å². The van der Waals surface area contributed by atoms with Gasteiger partial charge in [0.05, 0.1) is 13.1 Å². The number of carboxylic acid groups (broad SMARTS) is 1. The van der Waals surface area contributed by atoms with Gasteiger partial charge in [0.25, 0.3) is 0 Å². The van der Waals surface area contributed by atoms with Gasteiger partial charge in [0.2, 0.25) is 0 Å². The Kier molecular flexibility index (Phi) is 5.36. The average molecular weight is 389 g/mol. The van der Waals surface area contributed by atoms with E-state index < -0.39 is 5.97 Å². The molecule has 28 heavy (non-hydrogen) atoms. The van der Waals surface area contributed by atoms with E-state index in [0.717, 1.165) is 37.2 Å². The maximum atomic E-state index is 12.8. The first-order chi connectivity index (χ1) is 13.4. The number of hydrogen-bond acceptors (Lipinski definition) is 4. The molecule has 0 radical (unpaired) electrons. The van der Waals surface area contributed by atoms with Crippen LogP contribution in [0, 0.1) is 5.92 Å². The molecule has 7 heteroatoms. The molecule has 3 aliphatic rings. The van der Waals surface area contributed by atoms with Gasteiger partial charge in [0, 0.05) is 24.0 Å². The maximum Gasteiger partial charge on any atom is 0.318 e. The van der Waals surface area contributed by atoms with Gasteiger partial charge in [-0.25, -0.2) is 4.79 Å². The van der Waals surface area contributed by atoms with Gasteiger partial charge >= 0.3 is 12.0 Å². The summed E-state index contributed by atoms with van der Waals surface area (Å²) in [6.07, 6.45) is 4.93. The normalized spacial score (nSPS) is 28.7. The first-order valence-corrected chi connectivity index (χ1v) is 10.6. The number of aliphatic carboxylic acids is 1. The Morgan fingerprint density at radius 2 is 1.93 bits per heavy atom. The number of rotatable bonds is 9. The molecule has 2 N–H and O–H groups in total. The first kappa shape index (κ1) is 19.3. The van der Waals surface area contributed by atoms with Crippen molar-refractivity contribution in [1.29, 1.82) is 0 Å². The molecule has 1 aromatic rings. The summed E-state index contributed by atoms with van der Waals surface area (Å²) in [5, 5.41) is 12.1. The van der Waals surface area contributed by atoms with E-state index in [4.69, 9.17) is 9.52 Å². The lowest BCUT2D eigenvalue weighted by molar-refractivity contribution is -0.139. The Labute approximate surface area is 166 Å². The van der Waals surface area contributed by atoms with E-state index in [0.29, 0.717) is 31.0 Å². The van der Waals surface area contributed by atoms with E-state index in [-0.39, 0.29) is 24.7 Å². The second-order valence-electron chi connectivity index (χ2n) is 8.71. The SMILES string of the molecule is CCN(CC(=O)O)C1CC(NC(=O)N(Cc2ccc(C3CC3C)o2)C2CC2)C1. The van der Waals surface area contributed by atoms with Gasteiger partial charge in [0.1, 0.15) is 11.5 Å². The Bertz CT molecular complexity index is 723. The smallest absolute Gasteiger partial charge is 0.318 e. The Balaban J connectivity index is 1.28. The molecule has 0 saturated heterocycles. The van der Waals surface area contributed by atoms with Gasteiger partial charge < -0.3 is 19.7 Å². The summed E-state index contributed by atoms with van der Waals surface area (Å²) in [6.45, 7) is 5.51. The van der Waals surface area contributed by atoms with E-state index in [2.05, 4.69) is 18.3 Å². The van der Waals surface area contributed by atoms with Crippen molar-refractivity contribution in [2.24, 2.45) is 5.92 Å². The highest BCUT2D eigenvalue weighted by Crippen LogP contribution is 2.47. The van der Waals surface area contributed by atoms with Crippen molar-refractivity contribution < 1.29 is 19.1 Å². The largest absolute Gasteiger partial charge is 0.480 e. The minimum absolute atomic E-state index is 0.0232. The highest BCUT2D eigenvalue weighted by molar-refractivity contribution is 5.75. The molecule has 7 nitrogen and oxygen atoms in total. The van der Waals surface area contributed by atoms with Crippen LogP contribution in [0.5, 0.6) is 0 Å². The van der Waals surface area contributed by atoms with Crippen molar-refractivity contribution >= 4 is 12.0 Å². The number of likely N-dealkylation sites (N-methyl/N-ethyl adjacent to an activating group) is 1. The van der Waals surface area contributed by atoms with E-state index in [1.807, 2.05) is 22.8 Å². The fraction of sp³-hybridized carbons (Fsp3) is 0.714. The number of furan rings is 1. The second-order valence-corrected chi connectivity index (χ2v) is 8.71. The number of nitrogens with zero attached hydrogens (tertiary/aromatic N) is 2. The van der Waals surface area contributed by atoms with Gasteiger partial charge in [-0.15, -0.1) is 0 Å². The van der Waals surface area contributed by atoms with Crippen molar-refractivity contribution in [2.45, 2.75) is 76.5 Å². The minimum atomic E-state index is -0.798. The highest BCUT2D eigenvalue weighted by Gasteiger charge is 2.39. The topological polar surface area (TPSA) is 86.0 Å². The molecule has 154 valence electrons. The van der Waals surface area contributed by atoms with Crippen molar-refractivity contribution in [3.63, 3.8) is 0 Å². The zero-order valence-electron chi connectivity index (χ0n) is 16.8. The summed E-state index contributed by atoms with van der Waals surface area (Å²) >= 11 is 0. The van der Waals surface area contributed by atoms with Gasteiger partial charge in [-0.2, -0.15) is 0 Å². The van der Waals surface area contributed by atoms with Crippen LogP contribution < -0.4 is 5.32 Å². The molecule has 0 bridgehead atoms. The summed E-state index contributed by atoms with van der Waals surface area (Å²) in [5.41, 5.74) is 0. The third kappa shape index (κ3) is 4.35. The molecule has 0 aromatic carbocycles. The average Bonchev–Trinajstić information content (AvgIpc) is 3.54. The number of amides is 2. The third-order valence-corrected chi connectivity index (χ3v) is 6.43. The van der Waals surface area contributed by atoms with Crippen LogP contribution in [-0.2, 0) is 11.3 Å². The summed E-state index contributed by atoms with van der Waals surface area (Å²) in [4.78, 5) is 27.7. The predicted octanol–water partition coefficient (Wildman–Crippen LogP) is 3.01. The molecule has 2 amide bonds. The molecular weight excluding hydrogens is 358 g/mol. The number of carbonyl (C=O) groups excluding carboxylic acids is 1. The molecule has 3 fully saturated rings. The maximum absolute atomic E-state index is 12.8. The number of hydrogen-bond donors (Lipinski definition) is 2. The minimum Gasteiger partial charge on any atom is -0.480 e. The molecule has 3 saturated carbocycles. The molecule has 1 aromatic heterocycles. The lowest BCUT2D eigenvalue weighted by atomic mass is 9.85. The Morgan fingerprint density at radius 3 is 2.50 bits per heavy atom. The van der Waals surface area contributed by atoms with Crippen molar-refractivity contribution in [3.05, 3.63) is 23.7 Å². The summed E-state index contributed by atoms with van der Waals surface area (Å²) in [5.74, 6) is 2.38. The molecule has 0 spiro atoms. The predicted molar refractivity (Wildman–Crippen MR) is 104 cm³/mol. The van der Waals surface area contributed by atoms with Gasteiger partial charge in [0.15, 0.2) is 0 Å². The highest BCUT2D eigenvalue weighted by atomic mass is 16.4. The van der Waals surface area contributed by atoms with Crippen LogP contribution in [0.2, 0.25) is 0 Å². The number of nitrogens with one attached hydrogen (secondary N) is 1. The van der Waals surface area contributed by atoms with Crippen LogP contribution in [0.4, 0.5) is 4.79 Å². The van der Waals surface area contributed by atoms with E-state index >= 15 is 0 Å².